The third kappa shape index (κ3) is 0.590. The Labute approximate surface area is 53.9 Å². The number of rotatable bonds is 0. The van der Waals surface area contributed by atoms with Crippen LogP contribution in [0.3, 0.4) is 0 Å². The molecule has 2 nitrogen and oxygen atoms in total. The van der Waals surface area contributed by atoms with E-state index >= 15 is 0 Å². The van der Waals surface area contributed by atoms with Gasteiger partial charge < -0.3 is 5.32 Å². The Kier molecular flexibility index (Phi) is 0.770. The Bertz CT molecular complexity index is 195. The van der Waals surface area contributed by atoms with Crippen LogP contribution in [-0.4, -0.2) is 5.91 Å². The van der Waals surface area contributed by atoms with Crippen LogP contribution in [0.4, 0.5) is 0 Å². The van der Waals surface area contributed by atoms with Crippen molar-refractivity contribution in [2.24, 2.45) is 11.8 Å². The number of carbonyl (C=O) groups is 1. The van der Waals surface area contributed by atoms with Gasteiger partial charge in [0.1, 0.15) is 0 Å². The molecule has 2 unspecified atom stereocenters. The van der Waals surface area contributed by atoms with Crippen LogP contribution in [0.2, 0.25) is 0 Å². The molecule has 1 amide bonds. The van der Waals surface area contributed by atoms with E-state index in [4.69, 9.17) is 0 Å². The minimum Gasteiger partial charge on any atom is -0.332 e. The van der Waals surface area contributed by atoms with Gasteiger partial charge in [0.15, 0.2) is 0 Å². The van der Waals surface area contributed by atoms with Crippen molar-refractivity contribution in [3.05, 3.63) is 11.8 Å². The summed E-state index contributed by atoms with van der Waals surface area (Å²) in [7, 11) is 0. The lowest BCUT2D eigenvalue weighted by molar-refractivity contribution is -0.121. The van der Waals surface area contributed by atoms with E-state index in [9.17, 15) is 4.79 Å². The molecule has 9 heavy (non-hydrogen) atoms. The number of allylic oxidation sites excluding steroid dienone is 1. The van der Waals surface area contributed by atoms with Gasteiger partial charge in [-0.25, -0.2) is 0 Å². The Morgan fingerprint density at radius 1 is 1.67 bits per heavy atom. The van der Waals surface area contributed by atoms with Crippen LogP contribution in [0.25, 0.3) is 0 Å². The van der Waals surface area contributed by atoms with Gasteiger partial charge in [0.2, 0.25) is 5.91 Å². The molecule has 0 aromatic carbocycles. The predicted molar refractivity (Wildman–Crippen MR) is 33.5 cm³/mol. The highest BCUT2D eigenvalue weighted by atomic mass is 16.2. The summed E-state index contributed by atoms with van der Waals surface area (Å²) < 4.78 is 0. The molecule has 0 aromatic heterocycles. The molecule has 1 aliphatic carbocycles. The lowest BCUT2D eigenvalue weighted by atomic mass is 10.1. The normalized spacial score (nSPS) is 38.8. The molecule has 0 bridgehead atoms. The molecule has 1 saturated carbocycles. The Hall–Kier alpha value is -0.790. The van der Waals surface area contributed by atoms with Gasteiger partial charge in [-0.15, -0.1) is 0 Å². The molecule has 2 atom stereocenters. The minimum absolute atomic E-state index is 0.214. The average molecular weight is 123 g/mol. The first-order valence-corrected chi connectivity index (χ1v) is 3.26. The van der Waals surface area contributed by atoms with Crippen molar-refractivity contribution in [3.63, 3.8) is 0 Å². The maximum Gasteiger partial charge on any atom is 0.227 e. The molecular formula is C7H9NO. The van der Waals surface area contributed by atoms with E-state index < -0.39 is 0 Å². The van der Waals surface area contributed by atoms with Gasteiger partial charge >= 0.3 is 0 Å². The fraction of sp³-hybridized carbons (Fsp3) is 0.571. The topological polar surface area (TPSA) is 29.1 Å². The zero-order valence-corrected chi connectivity index (χ0v) is 5.35. The zero-order valence-electron chi connectivity index (χ0n) is 5.35. The quantitative estimate of drug-likeness (QED) is 0.503. The van der Waals surface area contributed by atoms with Gasteiger partial charge in [0.05, 0.1) is 0 Å². The molecule has 0 radical (unpaired) electrons. The van der Waals surface area contributed by atoms with Gasteiger partial charge in [-0.05, 0) is 19.3 Å². The molecule has 0 saturated heterocycles. The number of hydrogen-bond donors (Lipinski definition) is 1. The highest BCUT2D eigenvalue weighted by molar-refractivity contribution is 5.84. The number of hydrogen-bond acceptors (Lipinski definition) is 1. The monoisotopic (exact) mass is 123 g/mol. The number of carbonyl (C=O) groups excluding carboxylic acids is 1. The summed E-state index contributed by atoms with van der Waals surface area (Å²) in [6.07, 6.45) is 2.91. The standard InChI is InChI=1S/C7H9NO/c1-4-3-8-7(9)6-2-5(4)6/h3,5-6H,2H2,1H3,(H,8,9). The molecule has 1 N–H and O–H groups in total. The van der Waals surface area contributed by atoms with Crippen molar-refractivity contribution in [3.8, 4) is 0 Å². The molecule has 1 aliphatic heterocycles. The van der Waals surface area contributed by atoms with E-state index in [2.05, 4.69) is 12.2 Å². The summed E-state index contributed by atoms with van der Waals surface area (Å²) in [6, 6.07) is 0. The smallest absolute Gasteiger partial charge is 0.227 e. The predicted octanol–water partition coefficient (Wildman–Crippen LogP) is 0.656. The molecule has 1 heterocycles. The van der Waals surface area contributed by atoms with Gasteiger partial charge in [0.25, 0.3) is 0 Å². The fourth-order valence-electron chi connectivity index (χ4n) is 1.39. The maximum atomic E-state index is 10.8. The fourth-order valence-corrected chi connectivity index (χ4v) is 1.39. The molecule has 2 rings (SSSR count). The molecule has 2 heteroatoms. The second kappa shape index (κ2) is 1.38. The second-order valence-electron chi connectivity index (χ2n) is 2.85. The molecule has 48 valence electrons. The van der Waals surface area contributed by atoms with Crippen LogP contribution in [-0.2, 0) is 4.79 Å². The first kappa shape index (κ1) is 5.03. The van der Waals surface area contributed by atoms with Crippen LogP contribution in [0.1, 0.15) is 13.3 Å². The summed E-state index contributed by atoms with van der Waals surface area (Å²) in [5.41, 5.74) is 1.33. The lowest BCUT2D eigenvalue weighted by Gasteiger charge is -2.06. The van der Waals surface area contributed by atoms with Gasteiger partial charge in [-0.1, -0.05) is 5.57 Å². The number of fused-ring (bicyclic) bond motifs is 1. The van der Waals surface area contributed by atoms with Crippen molar-refractivity contribution in [2.75, 3.05) is 0 Å². The first-order valence-electron chi connectivity index (χ1n) is 3.26. The van der Waals surface area contributed by atoms with E-state index in [1.807, 2.05) is 6.20 Å². The zero-order chi connectivity index (χ0) is 6.43. The van der Waals surface area contributed by atoms with Crippen molar-refractivity contribution in [2.45, 2.75) is 13.3 Å². The summed E-state index contributed by atoms with van der Waals surface area (Å²) in [5.74, 6) is 1.14. The Morgan fingerprint density at radius 2 is 2.44 bits per heavy atom. The lowest BCUT2D eigenvalue weighted by Crippen LogP contribution is -2.23. The molecule has 0 aromatic rings. The maximum absolute atomic E-state index is 10.8. The van der Waals surface area contributed by atoms with Crippen molar-refractivity contribution >= 4 is 5.91 Å². The average Bonchev–Trinajstić information content (AvgIpc) is 2.57. The van der Waals surface area contributed by atoms with Gasteiger partial charge in [-0.3, -0.25) is 4.79 Å². The van der Waals surface area contributed by atoms with Gasteiger partial charge in [-0.2, -0.15) is 0 Å². The molecule has 1 fully saturated rings. The third-order valence-electron chi connectivity index (χ3n) is 2.15. The van der Waals surface area contributed by atoms with Crippen LogP contribution < -0.4 is 5.32 Å². The SMILES string of the molecule is CC1=CNC(=O)C2CC12. The second-order valence-corrected chi connectivity index (χ2v) is 2.85. The van der Waals surface area contributed by atoms with E-state index in [1.54, 1.807) is 0 Å². The summed E-state index contributed by atoms with van der Waals surface area (Å²) in [5, 5.41) is 2.72. The Morgan fingerprint density at radius 3 is 3.11 bits per heavy atom. The minimum atomic E-state index is 0.214. The Balaban J connectivity index is 2.26. The van der Waals surface area contributed by atoms with Crippen LogP contribution in [0.15, 0.2) is 11.8 Å². The summed E-state index contributed by atoms with van der Waals surface area (Å²) in [6.45, 7) is 2.07. The largest absolute Gasteiger partial charge is 0.332 e. The van der Waals surface area contributed by atoms with E-state index in [-0.39, 0.29) is 5.91 Å². The molecular weight excluding hydrogens is 114 g/mol. The molecule has 2 aliphatic rings. The van der Waals surface area contributed by atoms with Crippen molar-refractivity contribution < 1.29 is 4.79 Å². The highest BCUT2D eigenvalue weighted by Gasteiger charge is 2.45. The third-order valence-corrected chi connectivity index (χ3v) is 2.15. The summed E-state index contributed by atoms with van der Waals surface area (Å²) >= 11 is 0. The van der Waals surface area contributed by atoms with Crippen molar-refractivity contribution in [1.82, 2.24) is 5.32 Å². The first-order chi connectivity index (χ1) is 4.29. The highest BCUT2D eigenvalue weighted by Crippen LogP contribution is 2.45. The van der Waals surface area contributed by atoms with Crippen LogP contribution in [0.5, 0.6) is 0 Å². The van der Waals surface area contributed by atoms with Crippen molar-refractivity contribution in [1.29, 1.82) is 0 Å². The molecule has 0 spiro atoms. The number of nitrogens with one attached hydrogen (secondary N) is 1. The van der Waals surface area contributed by atoms with E-state index in [1.165, 1.54) is 5.57 Å². The van der Waals surface area contributed by atoms with E-state index in [0.717, 1.165) is 6.42 Å². The van der Waals surface area contributed by atoms with Gasteiger partial charge in [0, 0.05) is 12.1 Å². The summed E-state index contributed by atoms with van der Waals surface area (Å²) in [4.78, 5) is 10.8. The van der Waals surface area contributed by atoms with E-state index in [0.29, 0.717) is 11.8 Å². The van der Waals surface area contributed by atoms with Crippen LogP contribution >= 0.6 is 0 Å². The number of amides is 1. The van der Waals surface area contributed by atoms with Crippen LogP contribution in [0, 0.1) is 11.8 Å².